The number of aromatic carboxylic acids is 1. The monoisotopic (exact) mass is 969 g/mol. The van der Waals surface area contributed by atoms with Crippen LogP contribution in [0, 0.1) is 23.7 Å². The smallest absolute Gasteiger partial charge is 0.343 e. The molecule has 0 saturated carbocycles. The topological polar surface area (TPSA) is 193 Å². The van der Waals surface area contributed by atoms with Crippen molar-refractivity contribution in [1.29, 1.82) is 0 Å². The third kappa shape index (κ3) is 10.1. The van der Waals surface area contributed by atoms with Gasteiger partial charge in [0.1, 0.15) is 30.5 Å². The molecule has 8 saturated heterocycles. The third-order valence-corrected chi connectivity index (χ3v) is 15.2. The van der Waals surface area contributed by atoms with Crippen molar-refractivity contribution in [3.8, 4) is 0 Å². The van der Waals surface area contributed by atoms with Gasteiger partial charge in [0.15, 0.2) is 23.4 Å². The van der Waals surface area contributed by atoms with Crippen LogP contribution in [0.25, 0.3) is 0 Å². The predicted octanol–water partition coefficient (Wildman–Crippen LogP) is 5.98. The van der Waals surface area contributed by atoms with Crippen LogP contribution in [-0.2, 0) is 58.7 Å². The zero-order valence-corrected chi connectivity index (χ0v) is 41.3. The van der Waals surface area contributed by atoms with Gasteiger partial charge in [-0.05, 0) is 49.6 Å². The Labute approximate surface area is 409 Å². The Morgan fingerprint density at radius 1 is 0.551 bits per heavy atom. The van der Waals surface area contributed by atoms with Gasteiger partial charge in [-0.3, -0.25) is 4.79 Å². The van der Waals surface area contributed by atoms with Crippen LogP contribution in [-0.4, -0.2) is 98.4 Å². The molecule has 8 heterocycles. The number of carboxylic acid groups (broad SMARTS) is 1. The van der Waals surface area contributed by atoms with Crippen LogP contribution in [0.1, 0.15) is 91.9 Å². The van der Waals surface area contributed by atoms with Crippen LogP contribution >= 0.6 is 11.6 Å². The van der Waals surface area contributed by atoms with Gasteiger partial charge in [0.05, 0.1) is 35.9 Å². The first-order valence-electron chi connectivity index (χ1n) is 23.5. The highest BCUT2D eigenvalue weighted by Gasteiger charge is 2.66. The summed E-state index contributed by atoms with van der Waals surface area (Å²) < 4.78 is 46.3. The van der Waals surface area contributed by atoms with E-state index in [2.05, 4.69) is 45.6 Å². The average Bonchev–Trinajstić information content (AvgIpc) is 4.01. The number of methoxy groups -OCH3 is 2. The maximum atomic E-state index is 12.9. The van der Waals surface area contributed by atoms with Gasteiger partial charge >= 0.3 is 11.9 Å². The van der Waals surface area contributed by atoms with E-state index in [1.165, 1.54) is 38.0 Å². The maximum absolute atomic E-state index is 12.9. The molecule has 12 rings (SSSR count). The van der Waals surface area contributed by atoms with E-state index in [4.69, 9.17) is 49.5 Å². The van der Waals surface area contributed by atoms with Crippen LogP contribution in [0.15, 0.2) is 115 Å². The summed E-state index contributed by atoms with van der Waals surface area (Å²) in [4.78, 5) is 47.7. The number of carbonyl (C=O) groups is 4. The molecule has 4 aromatic carbocycles. The van der Waals surface area contributed by atoms with Gasteiger partial charge in [-0.2, -0.15) is 0 Å². The Morgan fingerprint density at radius 3 is 1.33 bits per heavy atom. The minimum atomic E-state index is -1.40. The highest BCUT2D eigenvalue weighted by Crippen LogP contribution is 2.52. The van der Waals surface area contributed by atoms with Gasteiger partial charge < -0.3 is 53.5 Å². The molecule has 370 valence electrons. The van der Waals surface area contributed by atoms with Crippen molar-refractivity contribution in [3.05, 3.63) is 143 Å². The summed E-state index contributed by atoms with van der Waals surface area (Å²) in [5.74, 6) is -1.52. The molecule has 1 unspecified atom stereocenters. The lowest BCUT2D eigenvalue weighted by molar-refractivity contribution is -0.420. The third-order valence-electron chi connectivity index (χ3n) is 14.8. The van der Waals surface area contributed by atoms with Crippen molar-refractivity contribution in [1.82, 2.24) is 0 Å². The second kappa shape index (κ2) is 21.5. The summed E-state index contributed by atoms with van der Waals surface area (Å²) in [6.07, 6.45) is -1.27. The van der Waals surface area contributed by atoms with E-state index in [-0.39, 0.29) is 83.8 Å². The Kier molecular flexibility index (Phi) is 16.2. The van der Waals surface area contributed by atoms with Crippen LogP contribution < -0.4 is 10.8 Å². The maximum Gasteiger partial charge on any atom is 0.343 e. The van der Waals surface area contributed by atoms with Gasteiger partial charge in [-0.25, -0.2) is 9.59 Å². The molecule has 8 aliphatic rings. The van der Waals surface area contributed by atoms with Gasteiger partial charge in [0.25, 0.3) is 5.24 Å². The summed E-state index contributed by atoms with van der Waals surface area (Å²) in [5, 5.41) is 10.6. The molecule has 15 heteroatoms. The van der Waals surface area contributed by atoms with Crippen molar-refractivity contribution < 1.29 is 67.9 Å². The number of esters is 2. The number of ether oxygens (including phenoxy) is 8. The average molecular weight is 971 g/mol. The Balaban J connectivity index is 0.000000145. The van der Waals surface area contributed by atoms with Crippen molar-refractivity contribution in [3.63, 3.8) is 0 Å². The molecule has 0 spiro atoms. The fraction of sp³-hybridized carbons (Fsp3) is 0.481. The number of carboxylic acids is 1. The normalized spacial score (nSPS) is 32.6. The van der Waals surface area contributed by atoms with Gasteiger partial charge in [0, 0.05) is 49.0 Å². The minimum Gasteiger partial charge on any atom is -0.545 e. The molecule has 0 aromatic heterocycles. The fourth-order valence-electron chi connectivity index (χ4n) is 10.4. The number of quaternary nitrogens is 1. The summed E-state index contributed by atoms with van der Waals surface area (Å²) in [6.45, 7) is 13.8. The molecule has 4 aromatic rings. The highest BCUT2D eigenvalue weighted by atomic mass is 35.5. The minimum absolute atomic E-state index is 0.00878. The van der Waals surface area contributed by atoms with Crippen molar-refractivity contribution in [2.24, 2.45) is 23.7 Å². The number of hydrogen-bond donors (Lipinski definition) is 1. The standard InChI is InChI=1S/C19H24O5.C17H18O6.C10H11ClO2.C8H11N/c1-10-13-11(2)15-17(16(22-13)14(10)23-15)24-18(20)19(3,21-4)12-8-6-5-7-9-12;1-7-11-8(2)13-15(14(21-11)12(7)22-13)23-17(20)10-6-4-3-5-9(10)16(18)19;1-10(13-2,9(11)12)8-6-4-3-5-7-8;1-7(9)8-5-3-2-4-6-8/h5-11,13-17H,1-4H3;3-8,11-15H,1-2H3,(H,18,19);3-7H,1-2H3;2-7H,9H2,1H3/t10-,11+,13+,14+,15-,16+,17-,19-;7-,8+,11+,12+,13-,14?,15-;10-;7-/m1110/s1. The number of rotatable bonds is 11. The molecule has 8 fully saturated rings. The summed E-state index contributed by atoms with van der Waals surface area (Å²) >= 11 is 5.46. The second-order valence-corrected chi connectivity index (χ2v) is 19.4. The molecule has 14 nitrogen and oxygen atoms in total. The van der Waals surface area contributed by atoms with E-state index in [0.717, 1.165) is 11.1 Å². The largest absolute Gasteiger partial charge is 0.545 e. The summed E-state index contributed by atoms with van der Waals surface area (Å²) in [7, 11) is 2.99. The van der Waals surface area contributed by atoms with Crippen LogP contribution in [0.2, 0.25) is 0 Å². The number of carbonyl (C=O) groups excluding carboxylic acids is 4. The molecule has 0 radical (unpaired) electrons. The van der Waals surface area contributed by atoms with Gasteiger partial charge in [-0.1, -0.05) is 137 Å². The lowest BCUT2D eigenvalue weighted by Crippen LogP contribution is -2.51. The van der Waals surface area contributed by atoms with E-state index in [1.807, 2.05) is 85.8 Å². The molecule has 69 heavy (non-hydrogen) atoms. The van der Waals surface area contributed by atoms with Crippen molar-refractivity contribution in [2.45, 2.75) is 127 Å². The lowest BCUT2D eigenvalue weighted by Gasteiger charge is -2.39. The Hall–Kier alpha value is -5.03. The van der Waals surface area contributed by atoms with Crippen LogP contribution in [0.3, 0.4) is 0 Å². The molecule has 0 amide bonds. The zero-order valence-electron chi connectivity index (χ0n) is 40.5. The molecule has 3 N–H and O–H groups in total. The first-order valence-corrected chi connectivity index (χ1v) is 23.9. The number of benzene rings is 4. The van der Waals surface area contributed by atoms with Gasteiger partial charge in [-0.15, -0.1) is 0 Å². The molecule has 17 atom stereocenters. The lowest BCUT2D eigenvalue weighted by atomic mass is 9.87. The van der Waals surface area contributed by atoms with Crippen molar-refractivity contribution >= 4 is 34.8 Å². The predicted molar refractivity (Wildman–Crippen MR) is 251 cm³/mol. The SMILES string of the molecule is CO[C@@](C)(C(=O)Cl)c1ccccc1.CO[C@@](C)(C(=O)O[C@H]1[C@H]2O[C@H]3[C@@H](C)[C@@H]2O[C@@H]1[C@H]3C)c1ccccc1.C[C@@H]1[C@@H]2OC3[C@H]1O[C@H]([C@H]2C)[C@H]3OC(=O)c1ccccc1C(=O)[O-].C[C@H]([NH3+])c1ccccc1. The molecular formula is C54H64ClNO13. The second-order valence-electron chi connectivity index (χ2n) is 19.1. The molecule has 8 bridgehead atoms. The van der Waals surface area contributed by atoms with E-state index < -0.39 is 40.5 Å². The Bertz CT molecular complexity index is 2400. The molecular weight excluding hydrogens is 906 g/mol. The first kappa shape index (κ1) is 51.8. The van der Waals surface area contributed by atoms with E-state index in [9.17, 15) is 24.3 Å². The number of halogens is 1. The van der Waals surface area contributed by atoms with E-state index >= 15 is 0 Å². The fourth-order valence-corrected chi connectivity index (χ4v) is 10.6. The van der Waals surface area contributed by atoms with Gasteiger partial charge in [0.2, 0.25) is 0 Å². The number of hydrogen-bond acceptors (Lipinski definition) is 13. The first-order chi connectivity index (χ1) is 32.9. The highest BCUT2D eigenvalue weighted by molar-refractivity contribution is 6.65. The van der Waals surface area contributed by atoms with E-state index in [1.54, 1.807) is 19.9 Å². The van der Waals surface area contributed by atoms with Crippen LogP contribution in [0.4, 0.5) is 0 Å². The quantitative estimate of drug-likeness (QED) is 0.137. The van der Waals surface area contributed by atoms with Crippen LogP contribution in [0.5, 0.6) is 0 Å². The summed E-state index contributed by atoms with van der Waals surface area (Å²) in [5.41, 5.74) is 4.38. The zero-order chi connectivity index (χ0) is 49.9. The van der Waals surface area contributed by atoms with Crippen molar-refractivity contribution in [2.75, 3.05) is 14.2 Å². The van der Waals surface area contributed by atoms with E-state index in [0.29, 0.717) is 12.0 Å². The Morgan fingerprint density at radius 2 is 0.928 bits per heavy atom. The summed E-state index contributed by atoms with van der Waals surface area (Å²) in [6, 6.07) is 35.2. The molecule has 8 aliphatic heterocycles. The molecule has 0 aliphatic carbocycles.